The topological polar surface area (TPSA) is 136 Å². The van der Waals surface area contributed by atoms with Crippen molar-refractivity contribution < 1.29 is 22.5 Å². The highest BCUT2D eigenvalue weighted by Crippen LogP contribution is 2.40. The van der Waals surface area contributed by atoms with E-state index >= 15 is 0 Å². The van der Waals surface area contributed by atoms with Gasteiger partial charge < -0.3 is 10.3 Å². The maximum absolute atomic E-state index is 13.2. The van der Waals surface area contributed by atoms with Crippen molar-refractivity contribution in [2.45, 2.75) is 45.3 Å². The minimum absolute atomic E-state index is 0.0141. The van der Waals surface area contributed by atoms with Crippen LogP contribution in [-0.2, 0) is 10.2 Å². The Hall–Kier alpha value is -4.14. The lowest BCUT2D eigenvalue weighted by molar-refractivity contribution is -0.181. The number of nitrogens with two attached hydrogens (primary N) is 1. The van der Waals surface area contributed by atoms with Gasteiger partial charge in [0, 0.05) is 29.4 Å². The molecule has 3 rings (SSSR count). The van der Waals surface area contributed by atoms with Gasteiger partial charge in [-0.2, -0.15) is 23.5 Å². The first-order chi connectivity index (χ1) is 15.8. The van der Waals surface area contributed by atoms with E-state index in [-0.39, 0.29) is 34.6 Å². The molecule has 178 valence electrons. The largest absolute Gasteiger partial charge is 0.399 e. The Morgan fingerprint density at radius 3 is 2.53 bits per heavy atom. The highest BCUT2D eigenvalue weighted by Gasteiger charge is 2.50. The molecular formula is C22H22F3N7O2. The van der Waals surface area contributed by atoms with E-state index in [4.69, 9.17) is 10.3 Å². The van der Waals surface area contributed by atoms with Gasteiger partial charge >= 0.3 is 6.18 Å². The summed E-state index contributed by atoms with van der Waals surface area (Å²) < 4.78 is 45.9. The van der Waals surface area contributed by atoms with Gasteiger partial charge in [-0.15, -0.1) is 0 Å². The van der Waals surface area contributed by atoms with Crippen LogP contribution in [0.15, 0.2) is 35.5 Å². The molecule has 0 fully saturated rings. The normalized spacial score (nSPS) is 12.0. The lowest BCUT2D eigenvalue weighted by atomic mass is 9.89. The van der Waals surface area contributed by atoms with Crippen LogP contribution in [0.1, 0.15) is 50.6 Å². The number of nitrogen functional groups attached to an aromatic ring is 1. The second-order valence-electron chi connectivity index (χ2n) is 8.32. The fourth-order valence-corrected chi connectivity index (χ4v) is 2.94. The lowest BCUT2D eigenvalue weighted by Crippen LogP contribution is -2.36. The summed E-state index contributed by atoms with van der Waals surface area (Å²) in [7, 11) is 0. The molecule has 0 bridgehead atoms. The number of hydrogen-bond donors (Lipinski definition) is 2. The summed E-state index contributed by atoms with van der Waals surface area (Å²) in [5.74, 6) is -0.744. The van der Waals surface area contributed by atoms with E-state index in [1.165, 1.54) is 10.9 Å². The summed E-state index contributed by atoms with van der Waals surface area (Å²) >= 11 is 0. The Labute approximate surface area is 193 Å². The third kappa shape index (κ3) is 4.36. The molecule has 9 nitrogen and oxygen atoms in total. The molecule has 3 heterocycles. The number of nitrogens with zero attached hydrogens (tertiary/aromatic N) is 5. The average Bonchev–Trinajstić information content (AvgIpc) is 3.37. The Bertz CT molecular complexity index is 1280. The number of halogens is 3. The standard InChI is InChI=1S/C22H22F3N7O2/c1-11(2)32-19(27)14(9-26)18(30-32)15-7-6-13(10-28-15)12(3)20(33)29-17-8-16(31-34-17)21(4,5)22(23,24)25/h6-8,10-11H,3,27H2,1-2,4-5H3,(H,29,33). The Morgan fingerprint density at radius 1 is 1.32 bits per heavy atom. The molecule has 0 saturated carbocycles. The molecule has 0 radical (unpaired) electrons. The minimum Gasteiger partial charge on any atom is -0.383 e. The fourth-order valence-electron chi connectivity index (χ4n) is 2.94. The summed E-state index contributed by atoms with van der Waals surface area (Å²) in [6.45, 7) is 9.36. The number of rotatable bonds is 6. The molecular weight excluding hydrogens is 451 g/mol. The Kier molecular flexibility index (Phi) is 6.24. The molecule has 3 N–H and O–H groups in total. The van der Waals surface area contributed by atoms with Crippen LogP contribution in [0.3, 0.4) is 0 Å². The number of alkyl halides is 3. The van der Waals surface area contributed by atoms with Crippen LogP contribution in [0.2, 0.25) is 0 Å². The molecule has 12 heteroatoms. The van der Waals surface area contributed by atoms with Crippen molar-refractivity contribution in [3.8, 4) is 17.5 Å². The molecule has 3 aromatic rings. The SMILES string of the molecule is C=C(C(=O)Nc1cc(C(C)(C)C(F)(F)F)no1)c1ccc(-c2nn(C(C)C)c(N)c2C#N)nc1. The van der Waals surface area contributed by atoms with E-state index in [0.717, 1.165) is 19.9 Å². The van der Waals surface area contributed by atoms with Crippen molar-refractivity contribution in [2.24, 2.45) is 0 Å². The summed E-state index contributed by atoms with van der Waals surface area (Å²) in [6.07, 6.45) is -3.19. The molecule has 1 amide bonds. The predicted octanol–water partition coefficient (Wildman–Crippen LogP) is 4.46. The van der Waals surface area contributed by atoms with Crippen LogP contribution in [0, 0.1) is 11.3 Å². The summed E-state index contributed by atoms with van der Waals surface area (Å²) in [5.41, 5.74) is 4.55. The van der Waals surface area contributed by atoms with Crippen LogP contribution in [0.4, 0.5) is 24.9 Å². The van der Waals surface area contributed by atoms with Crippen molar-refractivity contribution in [3.63, 3.8) is 0 Å². The number of hydrogen-bond acceptors (Lipinski definition) is 7. The highest BCUT2D eigenvalue weighted by atomic mass is 19.4. The molecule has 3 aromatic heterocycles. The van der Waals surface area contributed by atoms with E-state index in [9.17, 15) is 23.2 Å². The van der Waals surface area contributed by atoms with E-state index in [0.29, 0.717) is 17.0 Å². The lowest BCUT2D eigenvalue weighted by Gasteiger charge is -2.24. The van der Waals surface area contributed by atoms with Crippen LogP contribution in [0.25, 0.3) is 17.0 Å². The molecule has 0 aromatic carbocycles. The van der Waals surface area contributed by atoms with E-state index in [2.05, 4.69) is 27.1 Å². The first kappa shape index (κ1) is 24.5. The zero-order valence-corrected chi connectivity index (χ0v) is 18.9. The second-order valence-corrected chi connectivity index (χ2v) is 8.32. The molecule has 0 unspecified atom stereocenters. The zero-order chi connectivity index (χ0) is 25.4. The first-order valence-corrected chi connectivity index (χ1v) is 10.1. The molecule has 0 aliphatic carbocycles. The van der Waals surface area contributed by atoms with Gasteiger partial charge in [0.15, 0.2) is 0 Å². The number of aromatic nitrogens is 4. The second kappa shape index (κ2) is 8.66. The van der Waals surface area contributed by atoms with Crippen molar-refractivity contribution in [1.29, 1.82) is 5.26 Å². The van der Waals surface area contributed by atoms with Gasteiger partial charge in [0.2, 0.25) is 5.88 Å². The fraction of sp³-hybridized carbons (Fsp3) is 0.318. The molecule has 0 spiro atoms. The third-order valence-electron chi connectivity index (χ3n) is 5.27. The number of nitriles is 1. The van der Waals surface area contributed by atoms with Crippen LogP contribution in [0.5, 0.6) is 0 Å². The van der Waals surface area contributed by atoms with Gasteiger partial charge in [0.05, 0.1) is 5.69 Å². The van der Waals surface area contributed by atoms with Gasteiger partial charge in [-0.05, 0) is 33.8 Å². The van der Waals surface area contributed by atoms with E-state index in [1.807, 2.05) is 19.9 Å². The third-order valence-corrected chi connectivity index (χ3v) is 5.27. The van der Waals surface area contributed by atoms with Gasteiger partial charge in [-0.1, -0.05) is 17.8 Å². The minimum atomic E-state index is -4.55. The van der Waals surface area contributed by atoms with Crippen molar-refractivity contribution in [2.75, 3.05) is 11.1 Å². The Morgan fingerprint density at radius 2 is 2.00 bits per heavy atom. The summed E-state index contributed by atoms with van der Waals surface area (Å²) in [6, 6.07) is 6.08. The predicted molar refractivity (Wildman–Crippen MR) is 118 cm³/mol. The molecule has 0 aliphatic heterocycles. The smallest absolute Gasteiger partial charge is 0.383 e. The van der Waals surface area contributed by atoms with E-state index in [1.54, 1.807) is 12.1 Å². The van der Waals surface area contributed by atoms with Crippen LogP contribution >= 0.6 is 0 Å². The first-order valence-electron chi connectivity index (χ1n) is 10.1. The molecule has 0 aliphatic rings. The average molecular weight is 473 g/mol. The van der Waals surface area contributed by atoms with Crippen molar-refractivity contribution in [1.82, 2.24) is 19.9 Å². The Balaban J connectivity index is 1.78. The van der Waals surface area contributed by atoms with Crippen LogP contribution in [-0.4, -0.2) is 32.0 Å². The number of carbonyl (C=O) groups excluding carboxylic acids is 1. The molecule has 34 heavy (non-hydrogen) atoms. The maximum atomic E-state index is 13.2. The maximum Gasteiger partial charge on any atom is 0.399 e. The zero-order valence-electron chi connectivity index (χ0n) is 18.9. The monoisotopic (exact) mass is 473 g/mol. The number of amides is 1. The quantitative estimate of drug-likeness (QED) is 0.505. The van der Waals surface area contributed by atoms with Gasteiger partial charge in [0.1, 0.15) is 34.3 Å². The number of nitrogens with one attached hydrogen (secondary N) is 1. The molecule has 0 atom stereocenters. The van der Waals surface area contributed by atoms with Gasteiger partial charge in [-0.3, -0.25) is 15.1 Å². The highest BCUT2D eigenvalue weighted by molar-refractivity contribution is 6.24. The number of pyridine rings is 1. The van der Waals surface area contributed by atoms with Crippen molar-refractivity contribution in [3.05, 3.63) is 47.8 Å². The number of anilines is 2. The summed E-state index contributed by atoms with van der Waals surface area (Å²) in [5, 5.41) is 19.6. The van der Waals surface area contributed by atoms with Crippen molar-refractivity contribution >= 4 is 23.2 Å². The van der Waals surface area contributed by atoms with Gasteiger partial charge in [-0.25, -0.2) is 4.68 Å². The van der Waals surface area contributed by atoms with E-state index < -0.39 is 17.5 Å². The van der Waals surface area contributed by atoms with Gasteiger partial charge in [0.25, 0.3) is 5.91 Å². The molecule has 0 saturated heterocycles. The van der Waals surface area contributed by atoms with Crippen LogP contribution < -0.4 is 11.1 Å². The summed E-state index contributed by atoms with van der Waals surface area (Å²) in [4.78, 5) is 16.8. The number of carbonyl (C=O) groups is 1.